The summed E-state index contributed by atoms with van der Waals surface area (Å²) < 4.78 is 40.0. The summed E-state index contributed by atoms with van der Waals surface area (Å²) in [7, 11) is 0. The van der Waals surface area contributed by atoms with Crippen LogP contribution in [0.2, 0.25) is 0 Å². The maximum atomic E-state index is 13.7. The highest BCUT2D eigenvalue weighted by Crippen LogP contribution is 2.40. The van der Waals surface area contributed by atoms with Crippen molar-refractivity contribution in [3.63, 3.8) is 0 Å². The lowest BCUT2D eigenvalue weighted by Crippen LogP contribution is -2.37. The van der Waals surface area contributed by atoms with Crippen molar-refractivity contribution >= 4 is 5.57 Å². The third-order valence-corrected chi connectivity index (χ3v) is 2.77. The first-order valence-corrected chi connectivity index (χ1v) is 5.45. The van der Waals surface area contributed by atoms with E-state index in [1.54, 1.807) is 13.8 Å². The highest BCUT2D eigenvalue weighted by molar-refractivity contribution is 5.64. The van der Waals surface area contributed by atoms with Crippen molar-refractivity contribution < 1.29 is 18.3 Å². The van der Waals surface area contributed by atoms with Gasteiger partial charge in [0.2, 0.25) is 0 Å². The fourth-order valence-electron chi connectivity index (χ4n) is 1.87. The Morgan fingerprint density at radius 2 is 1.72 bits per heavy atom. The van der Waals surface area contributed by atoms with Gasteiger partial charge in [-0.2, -0.15) is 0 Å². The van der Waals surface area contributed by atoms with Crippen molar-refractivity contribution in [2.24, 2.45) is 0 Å². The summed E-state index contributed by atoms with van der Waals surface area (Å²) in [6.45, 7) is 3.20. The van der Waals surface area contributed by atoms with Gasteiger partial charge in [0, 0.05) is 12.0 Å². The molecule has 1 heterocycles. The molecule has 1 N–H and O–H groups in total. The van der Waals surface area contributed by atoms with E-state index in [1.807, 2.05) is 0 Å². The molecule has 18 heavy (non-hydrogen) atoms. The molecule has 1 aliphatic carbocycles. The molecule has 1 aliphatic rings. The van der Waals surface area contributed by atoms with Gasteiger partial charge in [-0.15, -0.1) is 0 Å². The zero-order valence-electron chi connectivity index (χ0n) is 9.91. The van der Waals surface area contributed by atoms with Crippen LogP contribution in [0.25, 0.3) is 5.57 Å². The first-order chi connectivity index (χ1) is 8.31. The summed E-state index contributed by atoms with van der Waals surface area (Å²) in [6.07, 6.45) is -3.25. The van der Waals surface area contributed by atoms with Crippen LogP contribution in [-0.4, -0.2) is 32.1 Å². The molecule has 2 rings (SSSR count). The minimum atomic E-state index is -3.44. The number of aliphatic hydroxyl groups is 1. The second-order valence-electron chi connectivity index (χ2n) is 4.24. The minimum Gasteiger partial charge on any atom is -0.380 e. The van der Waals surface area contributed by atoms with Crippen LogP contribution in [-0.2, 0) is 0 Å². The molecule has 0 aliphatic heterocycles. The molecule has 0 aromatic carbocycles. The third-order valence-electron chi connectivity index (χ3n) is 2.77. The van der Waals surface area contributed by atoms with Crippen LogP contribution < -0.4 is 0 Å². The first-order valence-electron chi connectivity index (χ1n) is 5.45. The summed E-state index contributed by atoms with van der Waals surface area (Å²) in [5, 5.41) is 9.22. The maximum absolute atomic E-state index is 13.7. The molecule has 7 heteroatoms. The molecule has 0 spiro atoms. The lowest BCUT2D eigenvalue weighted by molar-refractivity contribution is -0.107. The predicted octanol–water partition coefficient (Wildman–Crippen LogP) is 1.96. The molecule has 0 radical (unpaired) electrons. The van der Waals surface area contributed by atoms with Crippen molar-refractivity contribution in [2.45, 2.75) is 38.7 Å². The number of hydrogen-bond acceptors (Lipinski definition) is 4. The van der Waals surface area contributed by atoms with Crippen molar-refractivity contribution in [3.05, 3.63) is 23.3 Å². The summed E-state index contributed by atoms with van der Waals surface area (Å²) >= 11 is 0. The van der Waals surface area contributed by atoms with E-state index < -0.39 is 24.3 Å². The number of aliphatic hydroxyl groups excluding tert-OH is 1. The molecule has 4 nitrogen and oxygen atoms in total. The molecule has 0 saturated carbocycles. The Labute approximate surface area is 102 Å². The Morgan fingerprint density at radius 3 is 2.28 bits per heavy atom. The number of aromatic nitrogens is 3. The molecular weight excluding hydrogens is 247 g/mol. The minimum absolute atomic E-state index is 0.0204. The molecule has 1 aromatic heterocycles. The van der Waals surface area contributed by atoms with Crippen molar-refractivity contribution in [1.29, 1.82) is 0 Å². The van der Waals surface area contributed by atoms with Gasteiger partial charge in [0.25, 0.3) is 5.92 Å². The molecule has 1 atom stereocenters. The van der Waals surface area contributed by atoms with Crippen LogP contribution in [0, 0.1) is 13.8 Å². The second-order valence-corrected chi connectivity index (χ2v) is 4.24. The van der Waals surface area contributed by atoms with Crippen LogP contribution in [0.4, 0.5) is 13.2 Å². The monoisotopic (exact) mass is 259 g/mol. The standard InChI is InChI=1S/C11H12F3N3O/c1-5-15-6(2)17-10(16-5)7-3-4-11(13,14)9(18)8(7)12/h9,18H,3-4H2,1-2H3/t9-/m1/s1. The fourth-order valence-corrected chi connectivity index (χ4v) is 1.87. The summed E-state index contributed by atoms with van der Waals surface area (Å²) in [5.41, 5.74) is -0.0676. The lowest BCUT2D eigenvalue weighted by atomic mass is 9.92. The summed E-state index contributed by atoms with van der Waals surface area (Å²) in [5.74, 6) is -3.91. The molecule has 0 saturated heterocycles. The number of aryl methyl sites for hydroxylation is 2. The molecular formula is C11H12F3N3O. The molecule has 0 unspecified atom stereocenters. The smallest absolute Gasteiger partial charge is 0.280 e. The number of alkyl halides is 2. The molecule has 98 valence electrons. The highest BCUT2D eigenvalue weighted by Gasteiger charge is 2.46. The van der Waals surface area contributed by atoms with Gasteiger partial charge >= 0.3 is 0 Å². The highest BCUT2D eigenvalue weighted by atomic mass is 19.3. The van der Waals surface area contributed by atoms with Crippen molar-refractivity contribution in [1.82, 2.24) is 15.0 Å². The van der Waals surface area contributed by atoms with Gasteiger partial charge in [-0.05, 0) is 20.3 Å². The number of rotatable bonds is 1. The zero-order chi connectivity index (χ0) is 13.5. The molecule has 0 fully saturated rings. The van der Waals surface area contributed by atoms with E-state index in [4.69, 9.17) is 0 Å². The van der Waals surface area contributed by atoms with Crippen LogP contribution in [0.1, 0.15) is 30.3 Å². The average molecular weight is 259 g/mol. The normalized spacial score (nSPS) is 23.3. The van der Waals surface area contributed by atoms with Gasteiger partial charge in [-0.25, -0.2) is 28.1 Å². The Bertz CT molecular complexity index is 496. The number of allylic oxidation sites excluding steroid dienone is 1. The number of hydrogen-bond donors (Lipinski definition) is 1. The molecule has 0 amide bonds. The quantitative estimate of drug-likeness (QED) is 0.837. The van der Waals surface area contributed by atoms with Crippen molar-refractivity contribution in [2.75, 3.05) is 0 Å². The molecule has 0 bridgehead atoms. The maximum Gasteiger partial charge on any atom is 0.280 e. The number of nitrogens with zero attached hydrogens (tertiary/aromatic N) is 3. The predicted molar refractivity (Wildman–Crippen MR) is 57.5 cm³/mol. The van der Waals surface area contributed by atoms with E-state index in [0.29, 0.717) is 11.6 Å². The van der Waals surface area contributed by atoms with E-state index in [-0.39, 0.29) is 17.8 Å². The average Bonchev–Trinajstić information content (AvgIpc) is 2.25. The van der Waals surface area contributed by atoms with Crippen molar-refractivity contribution in [3.8, 4) is 0 Å². The Hall–Kier alpha value is -1.50. The summed E-state index contributed by atoms with van der Waals surface area (Å²) in [6, 6.07) is 0. The van der Waals surface area contributed by atoms with E-state index >= 15 is 0 Å². The summed E-state index contributed by atoms with van der Waals surface area (Å²) in [4.78, 5) is 11.8. The Balaban J connectivity index is 2.48. The van der Waals surface area contributed by atoms with Gasteiger partial charge < -0.3 is 5.11 Å². The zero-order valence-corrected chi connectivity index (χ0v) is 9.91. The van der Waals surface area contributed by atoms with E-state index in [9.17, 15) is 18.3 Å². The SMILES string of the molecule is Cc1nc(C)nc(C2=C(F)[C@@H](O)C(F)(F)CC2)n1. The van der Waals surface area contributed by atoms with E-state index in [1.165, 1.54) is 0 Å². The van der Waals surface area contributed by atoms with Gasteiger partial charge in [0.15, 0.2) is 11.9 Å². The van der Waals surface area contributed by atoms with Crippen LogP contribution in [0.3, 0.4) is 0 Å². The van der Waals surface area contributed by atoms with Gasteiger partial charge in [-0.3, -0.25) is 0 Å². The van der Waals surface area contributed by atoms with E-state index in [0.717, 1.165) is 0 Å². The van der Waals surface area contributed by atoms with Crippen LogP contribution in [0.5, 0.6) is 0 Å². The lowest BCUT2D eigenvalue weighted by Gasteiger charge is -2.27. The van der Waals surface area contributed by atoms with Gasteiger partial charge in [0.05, 0.1) is 0 Å². The number of halogens is 3. The second kappa shape index (κ2) is 4.31. The Kier molecular flexibility index (Phi) is 3.10. The van der Waals surface area contributed by atoms with Gasteiger partial charge in [0.1, 0.15) is 17.5 Å². The topological polar surface area (TPSA) is 58.9 Å². The first kappa shape index (κ1) is 12.9. The Morgan fingerprint density at radius 1 is 1.17 bits per heavy atom. The van der Waals surface area contributed by atoms with Gasteiger partial charge in [-0.1, -0.05) is 0 Å². The third kappa shape index (κ3) is 2.22. The van der Waals surface area contributed by atoms with E-state index in [2.05, 4.69) is 15.0 Å². The molecule has 1 aromatic rings. The van der Waals surface area contributed by atoms with Crippen LogP contribution >= 0.6 is 0 Å². The van der Waals surface area contributed by atoms with Crippen LogP contribution in [0.15, 0.2) is 5.83 Å². The fraction of sp³-hybridized carbons (Fsp3) is 0.545. The largest absolute Gasteiger partial charge is 0.380 e.